The fourth-order valence-corrected chi connectivity index (χ4v) is 3.19. The molecule has 1 aliphatic carbocycles. The molecule has 2 fully saturated rings. The van der Waals surface area contributed by atoms with Crippen LogP contribution in [0, 0.1) is 5.92 Å². The molecule has 0 aromatic heterocycles. The van der Waals surface area contributed by atoms with Gasteiger partial charge in [0.15, 0.2) is 0 Å². The van der Waals surface area contributed by atoms with Crippen molar-refractivity contribution in [3.63, 3.8) is 0 Å². The monoisotopic (exact) mass is 252 g/mol. The zero-order chi connectivity index (χ0) is 12.6. The second-order valence-electron chi connectivity index (χ2n) is 5.96. The molecule has 1 unspecified atom stereocenters. The fraction of sp³-hybridized carbons (Fsp3) is 0.933. The average molecular weight is 252 g/mol. The summed E-state index contributed by atoms with van der Waals surface area (Å²) in [6, 6.07) is 0.0675. The molecule has 3 nitrogen and oxygen atoms in total. The van der Waals surface area contributed by atoms with E-state index in [-0.39, 0.29) is 11.9 Å². The van der Waals surface area contributed by atoms with E-state index in [0.29, 0.717) is 0 Å². The minimum Gasteiger partial charge on any atom is -0.355 e. The molecule has 2 rings (SSSR count). The third-order valence-corrected chi connectivity index (χ3v) is 4.41. The molecule has 2 aliphatic rings. The number of amides is 1. The molecule has 0 radical (unpaired) electrons. The van der Waals surface area contributed by atoms with Gasteiger partial charge < -0.3 is 10.6 Å². The lowest BCUT2D eigenvalue weighted by Crippen LogP contribution is -2.44. The average Bonchev–Trinajstić information content (AvgIpc) is 2.53. The number of hydrogen-bond acceptors (Lipinski definition) is 2. The van der Waals surface area contributed by atoms with Crippen LogP contribution in [0.25, 0.3) is 0 Å². The van der Waals surface area contributed by atoms with Gasteiger partial charge in [-0.3, -0.25) is 4.79 Å². The lowest BCUT2D eigenvalue weighted by Gasteiger charge is -2.23. The molecule has 18 heavy (non-hydrogen) atoms. The molecule has 1 amide bonds. The predicted molar refractivity (Wildman–Crippen MR) is 74.5 cm³/mol. The second-order valence-corrected chi connectivity index (χ2v) is 5.96. The standard InChI is InChI=1S/C15H28N2O/c18-15-14(10-6-7-11-16-15)17-12-13-8-4-2-1-3-5-9-13/h13-14,17H,1-12H2,(H,16,18). The smallest absolute Gasteiger partial charge is 0.237 e. The maximum atomic E-state index is 11.8. The topological polar surface area (TPSA) is 41.1 Å². The summed E-state index contributed by atoms with van der Waals surface area (Å²) in [5, 5.41) is 6.52. The van der Waals surface area contributed by atoms with Crippen molar-refractivity contribution >= 4 is 5.91 Å². The molecule has 3 heteroatoms. The summed E-state index contributed by atoms with van der Waals surface area (Å²) in [6.07, 6.45) is 13.0. The summed E-state index contributed by atoms with van der Waals surface area (Å²) in [7, 11) is 0. The van der Waals surface area contributed by atoms with Gasteiger partial charge in [0.2, 0.25) is 5.91 Å². The first kappa shape index (κ1) is 13.9. The summed E-state index contributed by atoms with van der Waals surface area (Å²) >= 11 is 0. The van der Waals surface area contributed by atoms with Gasteiger partial charge >= 0.3 is 0 Å². The van der Waals surface area contributed by atoms with Crippen molar-refractivity contribution in [2.75, 3.05) is 13.1 Å². The van der Waals surface area contributed by atoms with Gasteiger partial charge in [-0.25, -0.2) is 0 Å². The molecule has 1 atom stereocenters. The van der Waals surface area contributed by atoms with E-state index >= 15 is 0 Å². The van der Waals surface area contributed by atoms with Crippen LogP contribution in [-0.4, -0.2) is 25.0 Å². The van der Waals surface area contributed by atoms with Gasteiger partial charge in [0.05, 0.1) is 6.04 Å². The Kier molecular flexibility index (Phi) is 5.98. The molecular formula is C15H28N2O. The van der Waals surface area contributed by atoms with Crippen LogP contribution in [-0.2, 0) is 4.79 Å². The van der Waals surface area contributed by atoms with Crippen molar-refractivity contribution in [2.24, 2.45) is 5.92 Å². The highest BCUT2D eigenvalue weighted by Crippen LogP contribution is 2.22. The Morgan fingerprint density at radius 1 is 0.944 bits per heavy atom. The van der Waals surface area contributed by atoms with E-state index < -0.39 is 0 Å². The van der Waals surface area contributed by atoms with Crippen molar-refractivity contribution in [1.82, 2.24) is 10.6 Å². The fourth-order valence-electron chi connectivity index (χ4n) is 3.19. The van der Waals surface area contributed by atoms with Crippen LogP contribution in [0.1, 0.15) is 64.2 Å². The first-order valence-electron chi connectivity index (χ1n) is 7.87. The maximum absolute atomic E-state index is 11.8. The molecule has 0 aromatic carbocycles. The number of hydrogen-bond donors (Lipinski definition) is 2. The van der Waals surface area contributed by atoms with Crippen molar-refractivity contribution in [3.05, 3.63) is 0 Å². The van der Waals surface area contributed by atoms with Gasteiger partial charge in [-0.05, 0) is 44.6 Å². The predicted octanol–water partition coefficient (Wildman–Crippen LogP) is 2.61. The van der Waals surface area contributed by atoms with Crippen LogP contribution in [0.2, 0.25) is 0 Å². The molecule has 1 aliphatic heterocycles. The Bertz CT molecular complexity index is 247. The zero-order valence-corrected chi connectivity index (χ0v) is 11.5. The molecule has 1 saturated heterocycles. The van der Waals surface area contributed by atoms with Gasteiger partial charge in [-0.2, -0.15) is 0 Å². The molecule has 0 spiro atoms. The van der Waals surface area contributed by atoms with Crippen LogP contribution in [0.3, 0.4) is 0 Å². The third-order valence-electron chi connectivity index (χ3n) is 4.41. The van der Waals surface area contributed by atoms with Crippen LogP contribution in [0.4, 0.5) is 0 Å². The minimum absolute atomic E-state index is 0.0675. The van der Waals surface area contributed by atoms with Crippen LogP contribution in [0.15, 0.2) is 0 Å². The van der Waals surface area contributed by atoms with E-state index in [2.05, 4.69) is 10.6 Å². The quantitative estimate of drug-likeness (QED) is 0.810. The number of carbonyl (C=O) groups excluding carboxylic acids is 1. The van der Waals surface area contributed by atoms with E-state index in [1.807, 2.05) is 0 Å². The molecule has 1 heterocycles. The van der Waals surface area contributed by atoms with E-state index in [4.69, 9.17) is 0 Å². The Morgan fingerprint density at radius 3 is 2.39 bits per heavy atom. The van der Waals surface area contributed by atoms with Gasteiger partial charge in [-0.1, -0.05) is 32.1 Å². The molecule has 0 aromatic rings. The van der Waals surface area contributed by atoms with Crippen LogP contribution < -0.4 is 10.6 Å². The maximum Gasteiger partial charge on any atom is 0.237 e. The molecule has 2 N–H and O–H groups in total. The summed E-state index contributed by atoms with van der Waals surface area (Å²) in [4.78, 5) is 11.8. The van der Waals surface area contributed by atoms with E-state index in [9.17, 15) is 4.79 Å². The SMILES string of the molecule is O=C1NCCCCC1NCC1CCCCCCC1. The van der Waals surface area contributed by atoms with Crippen molar-refractivity contribution in [3.8, 4) is 0 Å². The zero-order valence-electron chi connectivity index (χ0n) is 11.5. The van der Waals surface area contributed by atoms with Crippen molar-refractivity contribution < 1.29 is 4.79 Å². The largest absolute Gasteiger partial charge is 0.355 e. The number of rotatable bonds is 3. The summed E-state index contributed by atoms with van der Waals surface area (Å²) in [6.45, 7) is 1.90. The summed E-state index contributed by atoms with van der Waals surface area (Å²) in [5.41, 5.74) is 0. The Morgan fingerprint density at radius 2 is 1.61 bits per heavy atom. The van der Waals surface area contributed by atoms with Crippen LogP contribution >= 0.6 is 0 Å². The minimum atomic E-state index is 0.0675. The number of nitrogens with one attached hydrogen (secondary N) is 2. The molecular weight excluding hydrogens is 224 g/mol. The molecule has 1 saturated carbocycles. The normalized spacial score (nSPS) is 28.0. The third kappa shape index (κ3) is 4.60. The van der Waals surface area contributed by atoms with E-state index in [0.717, 1.165) is 31.8 Å². The second kappa shape index (κ2) is 7.78. The lowest BCUT2D eigenvalue weighted by molar-refractivity contribution is -0.122. The highest BCUT2D eigenvalue weighted by molar-refractivity contribution is 5.81. The van der Waals surface area contributed by atoms with Gasteiger partial charge in [-0.15, -0.1) is 0 Å². The van der Waals surface area contributed by atoms with Gasteiger partial charge in [0, 0.05) is 6.54 Å². The van der Waals surface area contributed by atoms with Crippen LogP contribution in [0.5, 0.6) is 0 Å². The summed E-state index contributed by atoms with van der Waals surface area (Å²) in [5.74, 6) is 1.01. The van der Waals surface area contributed by atoms with E-state index in [1.165, 1.54) is 51.4 Å². The van der Waals surface area contributed by atoms with Gasteiger partial charge in [0.1, 0.15) is 0 Å². The van der Waals surface area contributed by atoms with Gasteiger partial charge in [0.25, 0.3) is 0 Å². The Balaban J connectivity index is 1.72. The number of carbonyl (C=O) groups is 1. The van der Waals surface area contributed by atoms with Crippen molar-refractivity contribution in [1.29, 1.82) is 0 Å². The lowest BCUT2D eigenvalue weighted by atomic mass is 9.91. The highest BCUT2D eigenvalue weighted by atomic mass is 16.2. The Labute approximate surface area is 111 Å². The molecule has 104 valence electrons. The van der Waals surface area contributed by atoms with E-state index in [1.54, 1.807) is 0 Å². The molecule has 0 bridgehead atoms. The highest BCUT2D eigenvalue weighted by Gasteiger charge is 2.21. The first-order chi connectivity index (χ1) is 8.86. The summed E-state index contributed by atoms with van der Waals surface area (Å²) < 4.78 is 0. The Hall–Kier alpha value is -0.570. The van der Waals surface area contributed by atoms with Crippen molar-refractivity contribution in [2.45, 2.75) is 70.3 Å². The first-order valence-corrected chi connectivity index (χ1v) is 7.87.